The number of hydrogen-bond donors (Lipinski definition) is 0. The number of unbranched alkanes of at least 4 members (excludes halogenated alkanes) is 5. The van der Waals surface area contributed by atoms with Crippen LogP contribution in [0, 0.1) is 0 Å². The Bertz CT molecular complexity index is 248. The van der Waals surface area contributed by atoms with Crippen molar-refractivity contribution in [2.24, 2.45) is 0 Å². The zero-order valence-electron chi connectivity index (χ0n) is 13.2. The molecule has 1 atom stereocenters. The average Bonchev–Trinajstić information content (AvgIpc) is 2.42. The van der Waals surface area contributed by atoms with E-state index in [0.717, 1.165) is 32.1 Å². The molecule has 0 N–H and O–H groups in total. The van der Waals surface area contributed by atoms with Gasteiger partial charge in [-0.15, -0.1) is 0 Å². The maximum Gasteiger partial charge on any atom is 0.330 e. The molecule has 0 fully saturated rings. The molecule has 0 saturated heterocycles. The molecule has 2 heteroatoms. The van der Waals surface area contributed by atoms with E-state index in [1.54, 1.807) is 0 Å². The fraction of sp³-hybridized carbons (Fsp3) is 0.824. The fourth-order valence-electron chi connectivity index (χ4n) is 2.59. The Balaban J connectivity index is 4.17. The Kier molecular flexibility index (Phi) is 10.6. The van der Waals surface area contributed by atoms with E-state index in [9.17, 15) is 4.79 Å². The molecule has 0 aliphatic heterocycles. The summed E-state index contributed by atoms with van der Waals surface area (Å²) in [6.07, 6.45) is 12.8. The van der Waals surface area contributed by atoms with Crippen molar-refractivity contribution in [1.82, 2.24) is 0 Å². The lowest BCUT2D eigenvalue weighted by Crippen LogP contribution is -2.34. The Morgan fingerprint density at radius 1 is 1.00 bits per heavy atom. The zero-order valence-corrected chi connectivity index (χ0v) is 13.2. The molecule has 112 valence electrons. The van der Waals surface area contributed by atoms with Crippen molar-refractivity contribution in [2.75, 3.05) is 0 Å². The van der Waals surface area contributed by atoms with E-state index in [0.29, 0.717) is 0 Å². The maximum atomic E-state index is 11.5. The van der Waals surface area contributed by atoms with Crippen LogP contribution in [-0.4, -0.2) is 11.6 Å². The number of ether oxygens (including phenoxy) is 1. The molecule has 2 nitrogen and oxygen atoms in total. The van der Waals surface area contributed by atoms with Crippen LogP contribution in [0.2, 0.25) is 0 Å². The minimum absolute atomic E-state index is 0.259. The van der Waals surface area contributed by atoms with Crippen LogP contribution in [0.25, 0.3) is 0 Å². The molecule has 0 rings (SSSR count). The van der Waals surface area contributed by atoms with Crippen molar-refractivity contribution in [3.8, 4) is 0 Å². The summed E-state index contributed by atoms with van der Waals surface area (Å²) in [7, 11) is 0. The van der Waals surface area contributed by atoms with Crippen molar-refractivity contribution in [3.05, 3.63) is 12.7 Å². The molecule has 0 aliphatic rings. The predicted molar refractivity (Wildman–Crippen MR) is 82.2 cm³/mol. The van der Waals surface area contributed by atoms with Gasteiger partial charge in [0.15, 0.2) is 0 Å². The number of hydrogen-bond acceptors (Lipinski definition) is 2. The molecule has 0 aromatic carbocycles. The Morgan fingerprint density at radius 3 is 2.16 bits per heavy atom. The van der Waals surface area contributed by atoms with Crippen molar-refractivity contribution >= 4 is 5.97 Å². The van der Waals surface area contributed by atoms with Crippen LogP contribution in [0.4, 0.5) is 0 Å². The van der Waals surface area contributed by atoms with Gasteiger partial charge in [-0.05, 0) is 25.7 Å². The van der Waals surface area contributed by atoms with E-state index in [2.05, 4.69) is 27.4 Å². The van der Waals surface area contributed by atoms with E-state index < -0.39 is 0 Å². The standard InChI is InChI=1S/C17H32O2/c1-5-9-10-11-12-13-15-17(8-4,14-6-2)19-16(18)7-3/h7H,3,5-6,8-15H2,1-2,4H3. The van der Waals surface area contributed by atoms with Gasteiger partial charge in [0.2, 0.25) is 0 Å². The second-order valence-electron chi connectivity index (χ2n) is 5.43. The Morgan fingerprint density at radius 2 is 1.63 bits per heavy atom. The molecule has 0 bridgehead atoms. The van der Waals surface area contributed by atoms with E-state index in [1.807, 2.05) is 0 Å². The lowest BCUT2D eigenvalue weighted by Gasteiger charge is -2.32. The van der Waals surface area contributed by atoms with Crippen molar-refractivity contribution < 1.29 is 9.53 Å². The van der Waals surface area contributed by atoms with Gasteiger partial charge in [0.05, 0.1) is 0 Å². The molecule has 0 heterocycles. The molecule has 0 saturated carbocycles. The smallest absolute Gasteiger partial charge is 0.330 e. The van der Waals surface area contributed by atoms with E-state index in [4.69, 9.17) is 4.74 Å². The third-order valence-corrected chi connectivity index (χ3v) is 3.82. The van der Waals surface area contributed by atoms with Gasteiger partial charge in [0.1, 0.15) is 5.60 Å². The summed E-state index contributed by atoms with van der Waals surface area (Å²) in [6.45, 7) is 9.99. The lowest BCUT2D eigenvalue weighted by atomic mass is 9.88. The number of rotatable bonds is 12. The van der Waals surface area contributed by atoms with Gasteiger partial charge in [-0.1, -0.05) is 65.9 Å². The van der Waals surface area contributed by atoms with Crippen LogP contribution in [0.1, 0.15) is 85.0 Å². The van der Waals surface area contributed by atoms with Gasteiger partial charge in [0.25, 0.3) is 0 Å². The summed E-state index contributed by atoms with van der Waals surface area (Å²) in [5.74, 6) is -0.277. The second-order valence-corrected chi connectivity index (χ2v) is 5.43. The van der Waals surface area contributed by atoms with Gasteiger partial charge in [-0.2, -0.15) is 0 Å². The van der Waals surface area contributed by atoms with Gasteiger partial charge in [0, 0.05) is 6.08 Å². The van der Waals surface area contributed by atoms with Gasteiger partial charge in [-0.25, -0.2) is 4.79 Å². The monoisotopic (exact) mass is 268 g/mol. The van der Waals surface area contributed by atoms with E-state index >= 15 is 0 Å². The number of carbonyl (C=O) groups excluding carboxylic acids is 1. The first kappa shape index (κ1) is 18.2. The minimum atomic E-state index is -0.277. The summed E-state index contributed by atoms with van der Waals surface area (Å²) in [6, 6.07) is 0. The first-order valence-corrected chi connectivity index (χ1v) is 7.99. The van der Waals surface area contributed by atoms with Crippen LogP contribution in [-0.2, 0) is 9.53 Å². The molecule has 0 aromatic heterocycles. The third kappa shape index (κ3) is 8.07. The van der Waals surface area contributed by atoms with Gasteiger partial charge in [-0.3, -0.25) is 0 Å². The average molecular weight is 268 g/mol. The van der Waals surface area contributed by atoms with Crippen molar-refractivity contribution in [2.45, 2.75) is 90.6 Å². The van der Waals surface area contributed by atoms with Crippen LogP contribution < -0.4 is 0 Å². The Labute approximate surface area is 119 Å². The van der Waals surface area contributed by atoms with Crippen LogP contribution >= 0.6 is 0 Å². The summed E-state index contributed by atoms with van der Waals surface area (Å²) < 4.78 is 5.65. The third-order valence-electron chi connectivity index (χ3n) is 3.82. The predicted octanol–water partition coefficient (Wildman–Crippen LogP) is 5.42. The van der Waals surface area contributed by atoms with E-state index in [1.165, 1.54) is 38.2 Å². The first-order valence-electron chi connectivity index (χ1n) is 7.99. The summed E-state index contributed by atoms with van der Waals surface area (Å²) in [5.41, 5.74) is -0.259. The summed E-state index contributed by atoms with van der Waals surface area (Å²) in [4.78, 5) is 11.5. The minimum Gasteiger partial charge on any atom is -0.456 e. The quantitative estimate of drug-likeness (QED) is 0.268. The zero-order chi connectivity index (χ0) is 14.6. The number of esters is 1. The largest absolute Gasteiger partial charge is 0.456 e. The first-order chi connectivity index (χ1) is 9.14. The van der Waals surface area contributed by atoms with Crippen molar-refractivity contribution in [1.29, 1.82) is 0 Å². The highest BCUT2D eigenvalue weighted by atomic mass is 16.6. The molecule has 19 heavy (non-hydrogen) atoms. The highest BCUT2D eigenvalue weighted by Gasteiger charge is 2.30. The Hall–Kier alpha value is -0.790. The van der Waals surface area contributed by atoms with Gasteiger partial charge < -0.3 is 4.74 Å². The molecular weight excluding hydrogens is 236 g/mol. The maximum absolute atomic E-state index is 11.5. The second kappa shape index (κ2) is 11.1. The molecular formula is C17H32O2. The summed E-state index contributed by atoms with van der Waals surface area (Å²) in [5, 5.41) is 0. The fourth-order valence-corrected chi connectivity index (χ4v) is 2.59. The molecule has 0 aliphatic carbocycles. The molecule has 0 amide bonds. The molecule has 0 aromatic rings. The molecule has 0 radical (unpaired) electrons. The SMILES string of the molecule is C=CC(=O)OC(CC)(CCC)CCCCCCCC. The van der Waals surface area contributed by atoms with E-state index in [-0.39, 0.29) is 11.6 Å². The molecule has 1 unspecified atom stereocenters. The molecule has 0 spiro atoms. The summed E-state index contributed by atoms with van der Waals surface area (Å²) >= 11 is 0. The van der Waals surface area contributed by atoms with Crippen LogP contribution in [0.5, 0.6) is 0 Å². The normalized spacial score (nSPS) is 13.8. The van der Waals surface area contributed by atoms with Gasteiger partial charge >= 0.3 is 5.97 Å². The topological polar surface area (TPSA) is 26.3 Å². The lowest BCUT2D eigenvalue weighted by molar-refractivity contribution is -0.155. The van der Waals surface area contributed by atoms with Crippen molar-refractivity contribution in [3.63, 3.8) is 0 Å². The van der Waals surface area contributed by atoms with Crippen LogP contribution in [0.15, 0.2) is 12.7 Å². The van der Waals surface area contributed by atoms with Crippen LogP contribution in [0.3, 0.4) is 0 Å². The highest BCUT2D eigenvalue weighted by Crippen LogP contribution is 2.29. The highest BCUT2D eigenvalue weighted by molar-refractivity contribution is 5.81. The number of carbonyl (C=O) groups is 1.